The Hall–Kier alpha value is -1.95. The fourth-order valence-corrected chi connectivity index (χ4v) is 2.46. The molecule has 0 amide bonds. The molecule has 0 saturated carbocycles. The van der Waals surface area contributed by atoms with E-state index < -0.39 is 4.92 Å². The molecular formula is C11H11N3O2S. The van der Waals surface area contributed by atoms with E-state index >= 15 is 0 Å². The normalized spacial score (nSPS) is 11.8. The lowest BCUT2D eigenvalue weighted by atomic mass is 10.1. The monoisotopic (exact) mass is 249 g/mol. The molecule has 6 heteroatoms. The molecule has 0 saturated heterocycles. The lowest BCUT2D eigenvalue weighted by Gasteiger charge is -2.02. The molecule has 2 rings (SSSR count). The van der Waals surface area contributed by atoms with Crippen molar-refractivity contribution in [1.82, 2.24) is 4.57 Å². The average Bonchev–Trinajstić information content (AvgIpc) is 2.70. The van der Waals surface area contributed by atoms with Crippen molar-refractivity contribution >= 4 is 17.0 Å². The molecule has 1 aromatic carbocycles. The summed E-state index contributed by atoms with van der Waals surface area (Å²) in [4.78, 5) is 15.2. The van der Waals surface area contributed by atoms with Gasteiger partial charge in [-0.3, -0.25) is 15.1 Å². The van der Waals surface area contributed by atoms with Crippen molar-refractivity contribution < 1.29 is 4.92 Å². The zero-order chi connectivity index (χ0) is 12.4. The number of thiazole rings is 1. The van der Waals surface area contributed by atoms with E-state index in [9.17, 15) is 10.1 Å². The Morgan fingerprint density at radius 2 is 2.00 bits per heavy atom. The van der Waals surface area contributed by atoms with Crippen molar-refractivity contribution in [3.63, 3.8) is 0 Å². The van der Waals surface area contributed by atoms with Crippen molar-refractivity contribution in [2.45, 2.75) is 0 Å². The Labute approximate surface area is 102 Å². The first-order chi connectivity index (χ1) is 8.13. The maximum absolute atomic E-state index is 10.6. The zero-order valence-electron chi connectivity index (χ0n) is 9.45. The topological polar surface area (TPSA) is 60.4 Å². The lowest BCUT2D eigenvalue weighted by Crippen LogP contribution is -2.10. The standard InChI is InChI=1S/C11H11N3O2S/c1-12-11-13(2)10(7-17-11)8-3-5-9(6-4-8)14(15)16/h3-7H,1-2H3. The van der Waals surface area contributed by atoms with E-state index in [0.29, 0.717) is 0 Å². The Kier molecular flexibility index (Phi) is 3.06. The number of non-ortho nitro benzene ring substituents is 1. The molecule has 17 heavy (non-hydrogen) atoms. The predicted octanol–water partition coefficient (Wildman–Crippen LogP) is 2.19. The van der Waals surface area contributed by atoms with E-state index in [1.807, 2.05) is 17.0 Å². The molecule has 1 heterocycles. The number of aromatic nitrogens is 1. The van der Waals surface area contributed by atoms with Gasteiger partial charge in [-0.25, -0.2) is 0 Å². The lowest BCUT2D eigenvalue weighted by molar-refractivity contribution is -0.384. The second-order valence-electron chi connectivity index (χ2n) is 3.49. The third kappa shape index (κ3) is 2.12. The summed E-state index contributed by atoms with van der Waals surface area (Å²) in [6.45, 7) is 0. The van der Waals surface area contributed by atoms with Crippen molar-refractivity contribution in [2.24, 2.45) is 12.0 Å². The summed E-state index contributed by atoms with van der Waals surface area (Å²) in [7, 11) is 3.67. The molecule has 0 aliphatic carbocycles. The molecule has 0 N–H and O–H groups in total. The van der Waals surface area contributed by atoms with Crippen LogP contribution in [0.1, 0.15) is 0 Å². The second kappa shape index (κ2) is 4.50. The van der Waals surface area contributed by atoms with Crippen LogP contribution in [0.4, 0.5) is 5.69 Å². The molecule has 0 atom stereocenters. The van der Waals surface area contributed by atoms with Gasteiger partial charge in [0.25, 0.3) is 5.69 Å². The number of nitro groups is 1. The maximum atomic E-state index is 10.6. The summed E-state index contributed by atoms with van der Waals surface area (Å²) in [6.07, 6.45) is 0. The summed E-state index contributed by atoms with van der Waals surface area (Å²) < 4.78 is 1.96. The van der Waals surface area contributed by atoms with Gasteiger partial charge in [-0.05, 0) is 17.7 Å². The largest absolute Gasteiger partial charge is 0.320 e. The van der Waals surface area contributed by atoms with Crippen molar-refractivity contribution in [1.29, 1.82) is 0 Å². The molecule has 5 nitrogen and oxygen atoms in total. The molecule has 1 aromatic heterocycles. The van der Waals surface area contributed by atoms with E-state index in [1.54, 1.807) is 30.5 Å². The van der Waals surface area contributed by atoms with Gasteiger partial charge in [-0.15, -0.1) is 11.3 Å². The van der Waals surface area contributed by atoms with Crippen molar-refractivity contribution in [3.8, 4) is 11.3 Å². The average molecular weight is 249 g/mol. The van der Waals surface area contributed by atoms with Crippen LogP contribution >= 0.6 is 11.3 Å². The molecule has 0 bridgehead atoms. The minimum absolute atomic E-state index is 0.104. The van der Waals surface area contributed by atoms with Crippen LogP contribution in [0, 0.1) is 10.1 Å². The summed E-state index contributed by atoms with van der Waals surface area (Å²) in [5.74, 6) is 0. The summed E-state index contributed by atoms with van der Waals surface area (Å²) in [5, 5.41) is 12.5. The number of nitro benzene ring substituents is 1. The van der Waals surface area contributed by atoms with Gasteiger partial charge in [0.2, 0.25) is 0 Å². The van der Waals surface area contributed by atoms with Crippen LogP contribution < -0.4 is 4.80 Å². The predicted molar refractivity (Wildman–Crippen MR) is 66.9 cm³/mol. The number of hydrogen-bond acceptors (Lipinski definition) is 4. The molecule has 2 aromatic rings. The molecular weight excluding hydrogens is 238 g/mol. The highest BCUT2D eigenvalue weighted by Gasteiger charge is 2.07. The Morgan fingerprint density at radius 3 is 2.47 bits per heavy atom. The van der Waals surface area contributed by atoms with Gasteiger partial charge in [0, 0.05) is 31.6 Å². The summed E-state index contributed by atoms with van der Waals surface area (Å²) in [5.41, 5.74) is 2.06. The Morgan fingerprint density at radius 1 is 1.35 bits per heavy atom. The van der Waals surface area contributed by atoms with E-state index in [-0.39, 0.29) is 5.69 Å². The first-order valence-corrected chi connectivity index (χ1v) is 5.83. The fourth-order valence-electron chi connectivity index (χ4n) is 1.59. The van der Waals surface area contributed by atoms with Crippen LogP contribution in [0.15, 0.2) is 34.6 Å². The smallest absolute Gasteiger partial charge is 0.269 e. The van der Waals surface area contributed by atoms with E-state index in [2.05, 4.69) is 4.99 Å². The Bertz CT molecular complexity index is 610. The molecule has 0 fully saturated rings. The van der Waals surface area contributed by atoms with Crippen LogP contribution in [-0.4, -0.2) is 16.5 Å². The van der Waals surface area contributed by atoms with E-state index in [1.165, 1.54) is 12.1 Å². The molecule has 0 aliphatic heterocycles. The van der Waals surface area contributed by atoms with Gasteiger partial charge < -0.3 is 4.57 Å². The molecule has 0 spiro atoms. The third-order valence-electron chi connectivity index (χ3n) is 2.49. The first-order valence-electron chi connectivity index (χ1n) is 4.95. The van der Waals surface area contributed by atoms with Crippen molar-refractivity contribution in [3.05, 3.63) is 44.6 Å². The van der Waals surface area contributed by atoms with Crippen LogP contribution in [-0.2, 0) is 7.05 Å². The summed E-state index contributed by atoms with van der Waals surface area (Å²) in [6, 6.07) is 6.52. The van der Waals surface area contributed by atoms with Crippen LogP contribution in [0.25, 0.3) is 11.3 Å². The van der Waals surface area contributed by atoms with Crippen LogP contribution in [0.5, 0.6) is 0 Å². The maximum Gasteiger partial charge on any atom is 0.269 e. The van der Waals surface area contributed by atoms with Crippen LogP contribution in [0.2, 0.25) is 0 Å². The van der Waals surface area contributed by atoms with Gasteiger partial charge in [0.05, 0.1) is 10.6 Å². The summed E-state index contributed by atoms with van der Waals surface area (Å²) >= 11 is 1.54. The SMILES string of the molecule is CN=c1scc(-c2ccc([N+](=O)[O-])cc2)n1C. The highest BCUT2D eigenvalue weighted by molar-refractivity contribution is 7.07. The second-order valence-corrected chi connectivity index (χ2v) is 4.33. The molecule has 0 aliphatic rings. The highest BCUT2D eigenvalue weighted by Crippen LogP contribution is 2.22. The van der Waals surface area contributed by atoms with Gasteiger partial charge in [0.1, 0.15) is 0 Å². The van der Waals surface area contributed by atoms with Gasteiger partial charge in [-0.2, -0.15) is 0 Å². The number of benzene rings is 1. The van der Waals surface area contributed by atoms with Crippen LogP contribution in [0.3, 0.4) is 0 Å². The zero-order valence-corrected chi connectivity index (χ0v) is 10.3. The molecule has 0 radical (unpaired) electrons. The third-order valence-corrected chi connectivity index (χ3v) is 3.50. The Balaban J connectivity index is 2.47. The number of nitrogens with zero attached hydrogens (tertiary/aromatic N) is 3. The molecule has 88 valence electrons. The number of rotatable bonds is 2. The van der Waals surface area contributed by atoms with Crippen molar-refractivity contribution in [2.75, 3.05) is 7.05 Å². The molecule has 0 unspecified atom stereocenters. The number of hydrogen-bond donors (Lipinski definition) is 0. The van der Waals surface area contributed by atoms with Gasteiger partial charge >= 0.3 is 0 Å². The quantitative estimate of drug-likeness (QED) is 0.605. The highest BCUT2D eigenvalue weighted by atomic mass is 32.1. The minimum Gasteiger partial charge on any atom is -0.320 e. The minimum atomic E-state index is -0.399. The first kappa shape index (κ1) is 11.5. The fraction of sp³-hybridized carbons (Fsp3) is 0.182. The van der Waals surface area contributed by atoms with Gasteiger partial charge in [-0.1, -0.05) is 0 Å². The van der Waals surface area contributed by atoms with E-state index in [4.69, 9.17) is 0 Å². The van der Waals surface area contributed by atoms with Gasteiger partial charge in [0.15, 0.2) is 4.80 Å². The van der Waals surface area contributed by atoms with E-state index in [0.717, 1.165) is 16.1 Å².